The first kappa shape index (κ1) is 15.9. The summed E-state index contributed by atoms with van der Waals surface area (Å²) in [5, 5.41) is 3.34. The number of hydrogen-bond acceptors (Lipinski definition) is 5. The molecule has 0 aliphatic heterocycles. The van der Waals surface area contributed by atoms with E-state index in [0.717, 1.165) is 22.6 Å². The lowest BCUT2D eigenvalue weighted by Crippen LogP contribution is -2.08. The van der Waals surface area contributed by atoms with Gasteiger partial charge in [0.15, 0.2) is 11.5 Å². The van der Waals surface area contributed by atoms with Gasteiger partial charge in [-0.15, -0.1) is 0 Å². The minimum Gasteiger partial charge on any atom is -0.378 e. The smallest absolute Gasteiger partial charge is 0.247 e. The highest BCUT2D eigenvalue weighted by Gasteiger charge is 2.11. The number of nitrogens with zero attached hydrogens (tertiary/aromatic N) is 4. The second-order valence-corrected chi connectivity index (χ2v) is 6.12. The molecule has 1 aromatic carbocycles. The van der Waals surface area contributed by atoms with Crippen LogP contribution >= 0.6 is 0 Å². The van der Waals surface area contributed by atoms with E-state index in [1.54, 1.807) is 24.7 Å². The van der Waals surface area contributed by atoms with Gasteiger partial charge in [-0.25, -0.2) is 9.97 Å². The molecule has 3 aromatic heterocycles. The Bertz CT molecular complexity index is 1110. The Labute approximate surface area is 150 Å². The van der Waals surface area contributed by atoms with E-state index in [9.17, 15) is 4.79 Å². The molecule has 4 aromatic rings. The molecule has 0 unspecified atom stereocenters. The van der Waals surface area contributed by atoms with Crippen molar-refractivity contribution in [3.8, 4) is 11.3 Å². The summed E-state index contributed by atoms with van der Waals surface area (Å²) in [5.41, 5.74) is 4.37. The van der Waals surface area contributed by atoms with Gasteiger partial charge < -0.3 is 15.2 Å². The molecule has 0 saturated heterocycles. The van der Waals surface area contributed by atoms with E-state index in [0.29, 0.717) is 11.5 Å². The zero-order valence-electron chi connectivity index (χ0n) is 14.5. The van der Waals surface area contributed by atoms with E-state index >= 15 is 0 Å². The average molecular weight is 346 g/mol. The molecule has 130 valence electrons. The molecular weight excluding hydrogens is 328 g/mol. The molecule has 3 heterocycles. The SMILES string of the molecule is CN(C)c1cccc(Nc2nccn3c(-c4ccc(=O)[nH]c4)cnc23)c1. The van der Waals surface area contributed by atoms with Crippen molar-refractivity contribution in [3.05, 3.63) is 71.5 Å². The number of pyridine rings is 1. The predicted octanol–water partition coefficient (Wildman–Crippen LogP) is 2.89. The van der Waals surface area contributed by atoms with E-state index in [-0.39, 0.29) is 5.56 Å². The largest absolute Gasteiger partial charge is 0.378 e. The van der Waals surface area contributed by atoms with Gasteiger partial charge in [-0.1, -0.05) is 6.07 Å². The molecule has 0 radical (unpaired) electrons. The van der Waals surface area contributed by atoms with Crippen LogP contribution in [-0.4, -0.2) is 33.4 Å². The number of nitrogens with one attached hydrogen (secondary N) is 2. The van der Waals surface area contributed by atoms with Crippen LogP contribution in [-0.2, 0) is 0 Å². The molecule has 0 saturated carbocycles. The number of aromatic amines is 1. The molecule has 26 heavy (non-hydrogen) atoms. The van der Waals surface area contributed by atoms with Crippen molar-refractivity contribution < 1.29 is 0 Å². The first-order chi connectivity index (χ1) is 12.6. The summed E-state index contributed by atoms with van der Waals surface area (Å²) in [4.78, 5) is 25.0. The maximum absolute atomic E-state index is 11.3. The van der Waals surface area contributed by atoms with E-state index in [4.69, 9.17) is 0 Å². The molecule has 2 N–H and O–H groups in total. The quantitative estimate of drug-likeness (QED) is 0.594. The fourth-order valence-corrected chi connectivity index (χ4v) is 2.79. The molecule has 0 aliphatic carbocycles. The second kappa shape index (κ2) is 6.36. The molecule has 0 atom stereocenters. The maximum Gasteiger partial charge on any atom is 0.247 e. The Morgan fingerprint density at radius 3 is 2.81 bits per heavy atom. The molecule has 7 heteroatoms. The summed E-state index contributed by atoms with van der Waals surface area (Å²) >= 11 is 0. The highest BCUT2D eigenvalue weighted by molar-refractivity contribution is 5.75. The standard InChI is InChI=1S/C19H18N6O/c1-24(2)15-5-3-4-14(10-15)23-18-19-22-12-16(25(19)9-8-20-18)13-6-7-17(26)21-11-13/h3-12H,1-2H3,(H,20,23)(H,21,26). The summed E-state index contributed by atoms with van der Waals surface area (Å²) < 4.78 is 1.94. The van der Waals surface area contributed by atoms with Crippen molar-refractivity contribution in [2.75, 3.05) is 24.3 Å². The summed E-state index contributed by atoms with van der Waals surface area (Å²) in [6.45, 7) is 0. The van der Waals surface area contributed by atoms with Gasteiger partial charge in [0, 0.05) is 55.7 Å². The molecule has 0 fully saturated rings. The van der Waals surface area contributed by atoms with Crippen LogP contribution in [0.4, 0.5) is 17.2 Å². The molecule has 0 spiro atoms. The number of imidazole rings is 1. The maximum atomic E-state index is 11.3. The minimum absolute atomic E-state index is 0.132. The average Bonchev–Trinajstić information content (AvgIpc) is 3.08. The Balaban J connectivity index is 1.74. The van der Waals surface area contributed by atoms with Crippen LogP contribution in [0.3, 0.4) is 0 Å². The minimum atomic E-state index is -0.132. The van der Waals surface area contributed by atoms with Gasteiger partial charge in [-0.05, 0) is 24.3 Å². The molecule has 0 aliphatic rings. The van der Waals surface area contributed by atoms with Gasteiger partial charge in [0.25, 0.3) is 0 Å². The van der Waals surface area contributed by atoms with E-state index in [2.05, 4.69) is 26.3 Å². The highest BCUT2D eigenvalue weighted by atomic mass is 16.1. The van der Waals surface area contributed by atoms with Crippen molar-refractivity contribution in [1.82, 2.24) is 19.4 Å². The Morgan fingerprint density at radius 2 is 2.04 bits per heavy atom. The van der Waals surface area contributed by atoms with Gasteiger partial charge in [0.1, 0.15) is 0 Å². The summed E-state index contributed by atoms with van der Waals surface area (Å²) in [6, 6.07) is 11.4. The van der Waals surface area contributed by atoms with Crippen LogP contribution in [0.25, 0.3) is 16.9 Å². The molecule has 0 bridgehead atoms. The Kier molecular flexibility index (Phi) is 3.89. The first-order valence-corrected chi connectivity index (χ1v) is 8.17. The van der Waals surface area contributed by atoms with Crippen molar-refractivity contribution in [2.45, 2.75) is 0 Å². The number of rotatable bonds is 4. The van der Waals surface area contributed by atoms with Gasteiger partial charge >= 0.3 is 0 Å². The summed E-state index contributed by atoms with van der Waals surface area (Å²) in [6.07, 6.45) is 7.03. The third kappa shape index (κ3) is 2.90. The zero-order chi connectivity index (χ0) is 18.1. The second-order valence-electron chi connectivity index (χ2n) is 6.12. The van der Waals surface area contributed by atoms with Crippen LogP contribution in [0.5, 0.6) is 0 Å². The van der Waals surface area contributed by atoms with Crippen LogP contribution in [0.2, 0.25) is 0 Å². The van der Waals surface area contributed by atoms with E-state index in [1.807, 2.05) is 47.8 Å². The lowest BCUT2D eigenvalue weighted by atomic mass is 10.2. The molecule has 7 nitrogen and oxygen atoms in total. The van der Waals surface area contributed by atoms with Crippen molar-refractivity contribution in [1.29, 1.82) is 0 Å². The van der Waals surface area contributed by atoms with Gasteiger partial charge in [-0.3, -0.25) is 9.20 Å². The fraction of sp³-hybridized carbons (Fsp3) is 0.105. The van der Waals surface area contributed by atoms with Gasteiger partial charge in [0.05, 0.1) is 11.9 Å². The normalized spacial score (nSPS) is 10.8. The van der Waals surface area contributed by atoms with E-state index in [1.165, 1.54) is 6.07 Å². The third-order valence-electron chi connectivity index (χ3n) is 4.13. The number of H-pyrrole nitrogens is 1. The first-order valence-electron chi connectivity index (χ1n) is 8.17. The lowest BCUT2D eigenvalue weighted by Gasteiger charge is -2.14. The Morgan fingerprint density at radius 1 is 1.15 bits per heavy atom. The van der Waals surface area contributed by atoms with Crippen molar-refractivity contribution in [2.24, 2.45) is 0 Å². The van der Waals surface area contributed by atoms with Crippen LogP contribution in [0.1, 0.15) is 0 Å². The van der Waals surface area contributed by atoms with Crippen LogP contribution < -0.4 is 15.8 Å². The molecular formula is C19H18N6O. The Hall–Kier alpha value is -3.61. The number of benzene rings is 1. The zero-order valence-corrected chi connectivity index (χ0v) is 14.5. The predicted molar refractivity (Wildman–Crippen MR) is 103 cm³/mol. The molecule has 4 rings (SSSR count). The van der Waals surface area contributed by atoms with Crippen LogP contribution in [0, 0.1) is 0 Å². The van der Waals surface area contributed by atoms with Gasteiger partial charge in [-0.2, -0.15) is 0 Å². The van der Waals surface area contributed by atoms with Crippen molar-refractivity contribution >= 4 is 22.8 Å². The molecule has 0 amide bonds. The number of anilines is 3. The monoisotopic (exact) mass is 346 g/mol. The number of fused-ring (bicyclic) bond motifs is 1. The van der Waals surface area contributed by atoms with Crippen LogP contribution in [0.15, 0.2) is 66.0 Å². The topological polar surface area (TPSA) is 78.3 Å². The fourth-order valence-electron chi connectivity index (χ4n) is 2.79. The summed E-state index contributed by atoms with van der Waals surface area (Å²) in [5.74, 6) is 0.666. The third-order valence-corrected chi connectivity index (χ3v) is 4.13. The van der Waals surface area contributed by atoms with Crippen molar-refractivity contribution in [3.63, 3.8) is 0 Å². The summed E-state index contributed by atoms with van der Waals surface area (Å²) in [7, 11) is 4.01. The number of aromatic nitrogens is 4. The van der Waals surface area contributed by atoms with E-state index < -0.39 is 0 Å². The number of hydrogen-bond donors (Lipinski definition) is 2. The van der Waals surface area contributed by atoms with Gasteiger partial charge in [0.2, 0.25) is 5.56 Å². The lowest BCUT2D eigenvalue weighted by molar-refractivity contribution is 1.12. The highest BCUT2D eigenvalue weighted by Crippen LogP contribution is 2.25.